The van der Waals surface area contributed by atoms with Gasteiger partial charge in [-0.1, -0.05) is 54.6 Å². The number of anilines is 1. The highest BCUT2D eigenvalue weighted by molar-refractivity contribution is 5.91. The van der Waals surface area contributed by atoms with Gasteiger partial charge in [0.25, 0.3) is 5.56 Å². The number of hydrogen-bond donors (Lipinski definition) is 2. The smallest absolute Gasteiger partial charge is 0.322 e. The Morgan fingerprint density at radius 1 is 1.00 bits per heavy atom. The van der Waals surface area contributed by atoms with Crippen molar-refractivity contribution in [3.8, 4) is 5.75 Å². The van der Waals surface area contributed by atoms with Crippen LogP contribution in [0.1, 0.15) is 22.3 Å². The minimum Gasteiger partial charge on any atom is -0.495 e. The lowest BCUT2D eigenvalue weighted by Gasteiger charge is -2.24. The monoisotopic (exact) mass is 455 g/mol. The number of carbonyl (C=O) groups is 1. The minimum absolute atomic E-state index is 0.184. The van der Waals surface area contributed by atoms with E-state index < -0.39 is 0 Å². The maximum absolute atomic E-state index is 13.3. The van der Waals surface area contributed by atoms with Crippen molar-refractivity contribution >= 4 is 22.6 Å². The molecule has 4 rings (SSSR count). The molecule has 0 saturated heterocycles. The molecule has 0 saturated carbocycles. The maximum atomic E-state index is 13.3. The molecule has 3 aromatic carbocycles. The van der Waals surface area contributed by atoms with Gasteiger partial charge >= 0.3 is 6.03 Å². The van der Waals surface area contributed by atoms with Gasteiger partial charge in [-0.2, -0.15) is 0 Å². The Hall–Kier alpha value is -4.06. The first-order valence-corrected chi connectivity index (χ1v) is 11.3. The SMILES string of the molecule is COc1ccccc1NC(=O)N(CCc1ccccc1)Cc1cc2ccc(C)c(C)c2[nH]c1=O. The molecule has 4 aromatic rings. The van der Waals surface area contributed by atoms with E-state index >= 15 is 0 Å². The standard InChI is InChI=1S/C28H29N3O3/c1-19-13-14-22-17-23(27(32)30-26(22)20(19)2)18-31(16-15-21-9-5-4-6-10-21)28(33)29-24-11-7-8-12-25(24)34-3/h4-14,17H,15-16,18H2,1-3H3,(H,29,33)(H,30,32). The average molecular weight is 456 g/mol. The molecular weight excluding hydrogens is 426 g/mol. The lowest BCUT2D eigenvalue weighted by molar-refractivity contribution is 0.209. The van der Waals surface area contributed by atoms with Gasteiger partial charge in [-0.25, -0.2) is 4.79 Å². The fourth-order valence-corrected chi connectivity index (χ4v) is 4.00. The third kappa shape index (κ3) is 5.12. The zero-order valence-electron chi connectivity index (χ0n) is 19.7. The fraction of sp³-hybridized carbons (Fsp3) is 0.214. The Kier molecular flexibility index (Phi) is 6.97. The lowest BCUT2D eigenvalue weighted by Crippen LogP contribution is -2.37. The van der Waals surface area contributed by atoms with E-state index in [0.717, 1.165) is 27.6 Å². The van der Waals surface area contributed by atoms with E-state index in [2.05, 4.69) is 10.3 Å². The number of H-pyrrole nitrogens is 1. The molecule has 0 radical (unpaired) electrons. The largest absolute Gasteiger partial charge is 0.495 e. The summed E-state index contributed by atoms with van der Waals surface area (Å²) in [6, 6.07) is 22.9. The molecule has 0 bridgehead atoms. The van der Waals surface area contributed by atoms with E-state index in [0.29, 0.717) is 30.0 Å². The van der Waals surface area contributed by atoms with Crippen LogP contribution in [-0.4, -0.2) is 29.6 Å². The molecule has 0 fully saturated rings. The molecule has 1 heterocycles. The number of ether oxygens (including phenoxy) is 1. The quantitative estimate of drug-likeness (QED) is 0.390. The van der Waals surface area contributed by atoms with E-state index in [9.17, 15) is 9.59 Å². The molecule has 0 aliphatic heterocycles. The van der Waals surface area contributed by atoms with Crippen LogP contribution < -0.4 is 15.6 Å². The molecule has 6 nitrogen and oxygen atoms in total. The first-order valence-electron chi connectivity index (χ1n) is 11.3. The number of aryl methyl sites for hydroxylation is 2. The molecule has 0 spiro atoms. The number of amides is 2. The second-order valence-electron chi connectivity index (χ2n) is 8.38. The van der Waals surface area contributed by atoms with Gasteiger partial charge in [-0.3, -0.25) is 4.79 Å². The number of hydrogen-bond acceptors (Lipinski definition) is 3. The van der Waals surface area contributed by atoms with Crippen LogP contribution in [0.2, 0.25) is 0 Å². The van der Waals surface area contributed by atoms with Gasteiger partial charge in [-0.05, 0) is 60.5 Å². The summed E-state index contributed by atoms with van der Waals surface area (Å²) >= 11 is 0. The number of para-hydroxylation sites is 2. The van der Waals surface area contributed by atoms with Crippen LogP contribution in [0.5, 0.6) is 5.75 Å². The molecule has 1 aromatic heterocycles. The summed E-state index contributed by atoms with van der Waals surface area (Å²) < 4.78 is 5.37. The van der Waals surface area contributed by atoms with Crippen LogP contribution in [-0.2, 0) is 13.0 Å². The molecular formula is C28H29N3O3. The first kappa shape index (κ1) is 23.1. The van der Waals surface area contributed by atoms with Crippen molar-refractivity contribution in [1.29, 1.82) is 0 Å². The van der Waals surface area contributed by atoms with Crippen LogP contribution in [0.4, 0.5) is 10.5 Å². The molecule has 0 atom stereocenters. The molecule has 0 aliphatic carbocycles. The second-order valence-corrected chi connectivity index (χ2v) is 8.38. The van der Waals surface area contributed by atoms with Crippen LogP contribution in [0, 0.1) is 13.8 Å². The fourth-order valence-electron chi connectivity index (χ4n) is 4.00. The molecule has 2 N–H and O–H groups in total. The number of pyridine rings is 1. The maximum Gasteiger partial charge on any atom is 0.322 e. The van der Waals surface area contributed by atoms with E-state index in [4.69, 9.17) is 4.74 Å². The highest BCUT2D eigenvalue weighted by Gasteiger charge is 2.18. The number of aromatic nitrogens is 1. The number of carbonyl (C=O) groups excluding carboxylic acids is 1. The van der Waals surface area contributed by atoms with Crippen molar-refractivity contribution in [1.82, 2.24) is 9.88 Å². The van der Waals surface area contributed by atoms with Crippen molar-refractivity contribution in [3.05, 3.63) is 105 Å². The summed E-state index contributed by atoms with van der Waals surface area (Å²) in [6.45, 7) is 4.66. The number of nitrogens with one attached hydrogen (secondary N) is 2. The minimum atomic E-state index is -0.292. The summed E-state index contributed by atoms with van der Waals surface area (Å²) in [5.41, 5.74) is 5.07. The summed E-state index contributed by atoms with van der Waals surface area (Å²) in [5, 5.41) is 3.89. The van der Waals surface area contributed by atoms with Gasteiger partial charge in [0.05, 0.1) is 24.9 Å². The topological polar surface area (TPSA) is 74.4 Å². The lowest BCUT2D eigenvalue weighted by atomic mass is 10.0. The molecule has 0 aliphatic rings. The van der Waals surface area contributed by atoms with Crippen LogP contribution in [0.25, 0.3) is 10.9 Å². The van der Waals surface area contributed by atoms with E-state index in [1.54, 1.807) is 24.1 Å². The van der Waals surface area contributed by atoms with Gasteiger partial charge in [0.15, 0.2) is 0 Å². The van der Waals surface area contributed by atoms with Gasteiger partial charge < -0.3 is 19.9 Å². The normalized spacial score (nSPS) is 10.8. The Labute approximate surface area is 199 Å². The van der Waals surface area contributed by atoms with Crippen LogP contribution in [0.15, 0.2) is 77.6 Å². The summed E-state index contributed by atoms with van der Waals surface area (Å²) in [5.74, 6) is 0.577. The number of rotatable bonds is 7. The summed E-state index contributed by atoms with van der Waals surface area (Å²) in [4.78, 5) is 31.0. The second kappa shape index (κ2) is 10.3. The van der Waals surface area contributed by atoms with Crippen molar-refractivity contribution in [2.24, 2.45) is 0 Å². The first-order chi connectivity index (χ1) is 16.5. The molecule has 174 valence electrons. The number of aromatic amines is 1. The van der Waals surface area contributed by atoms with Crippen molar-refractivity contribution < 1.29 is 9.53 Å². The molecule has 2 amide bonds. The molecule has 6 heteroatoms. The Morgan fingerprint density at radius 2 is 1.74 bits per heavy atom. The van der Waals surface area contributed by atoms with Gasteiger partial charge in [0.1, 0.15) is 5.75 Å². The van der Waals surface area contributed by atoms with Crippen LogP contribution >= 0.6 is 0 Å². The molecule has 34 heavy (non-hydrogen) atoms. The Balaban J connectivity index is 1.63. The van der Waals surface area contributed by atoms with Gasteiger partial charge in [0, 0.05) is 12.1 Å². The summed E-state index contributed by atoms with van der Waals surface area (Å²) in [6.07, 6.45) is 0.671. The highest BCUT2D eigenvalue weighted by Crippen LogP contribution is 2.24. The van der Waals surface area contributed by atoms with E-state index in [1.807, 2.05) is 74.5 Å². The van der Waals surface area contributed by atoms with E-state index in [1.165, 1.54) is 0 Å². The van der Waals surface area contributed by atoms with Crippen molar-refractivity contribution in [3.63, 3.8) is 0 Å². The third-order valence-electron chi connectivity index (χ3n) is 6.14. The average Bonchev–Trinajstić information content (AvgIpc) is 2.85. The van der Waals surface area contributed by atoms with Gasteiger partial charge in [-0.15, -0.1) is 0 Å². The summed E-state index contributed by atoms with van der Waals surface area (Å²) in [7, 11) is 1.57. The number of methoxy groups -OCH3 is 1. The van der Waals surface area contributed by atoms with Crippen molar-refractivity contribution in [2.75, 3.05) is 19.0 Å². The van der Waals surface area contributed by atoms with E-state index in [-0.39, 0.29) is 18.1 Å². The van der Waals surface area contributed by atoms with Gasteiger partial charge in [0.2, 0.25) is 0 Å². The van der Waals surface area contributed by atoms with Crippen LogP contribution in [0.3, 0.4) is 0 Å². The number of urea groups is 1. The Morgan fingerprint density at radius 3 is 2.50 bits per heavy atom. The number of nitrogens with zero attached hydrogens (tertiary/aromatic N) is 1. The zero-order chi connectivity index (χ0) is 24.1. The predicted molar refractivity (Wildman–Crippen MR) is 137 cm³/mol. The predicted octanol–water partition coefficient (Wildman–Crippen LogP) is 5.43. The number of fused-ring (bicyclic) bond motifs is 1. The third-order valence-corrected chi connectivity index (χ3v) is 6.14. The van der Waals surface area contributed by atoms with Crippen molar-refractivity contribution in [2.45, 2.75) is 26.8 Å². The Bertz CT molecular complexity index is 1360. The zero-order valence-corrected chi connectivity index (χ0v) is 19.7. The highest BCUT2D eigenvalue weighted by atomic mass is 16.5. The molecule has 0 unspecified atom stereocenters. The number of benzene rings is 3.